The van der Waals surface area contributed by atoms with Crippen LogP contribution < -0.4 is 14.4 Å². The van der Waals surface area contributed by atoms with Gasteiger partial charge < -0.3 is 15.0 Å². The van der Waals surface area contributed by atoms with Crippen LogP contribution in [0.25, 0.3) is 0 Å². The van der Waals surface area contributed by atoms with Crippen LogP contribution in [0.15, 0.2) is 77.7 Å². The number of sulfonamides is 1. The van der Waals surface area contributed by atoms with Crippen molar-refractivity contribution in [3.05, 3.63) is 88.9 Å². The van der Waals surface area contributed by atoms with Gasteiger partial charge in [0, 0.05) is 12.6 Å². The third kappa shape index (κ3) is 7.84. The lowest BCUT2D eigenvalue weighted by Gasteiger charge is -2.33. The SMILES string of the molecule is COc1cccc(CN(C(=O)CN(c2cc(C(F)(F)F)ccc2Cl)S(=O)(=O)c2ccccc2)[C@H](C)C(=O)NC2CCCC2)c1. The highest BCUT2D eigenvalue weighted by Crippen LogP contribution is 2.37. The number of alkyl halides is 3. The van der Waals surface area contributed by atoms with Crippen LogP contribution in [0.1, 0.15) is 43.7 Å². The minimum atomic E-state index is -4.81. The molecule has 0 radical (unpaired) electrons. The number of ether oxygens (including phenoxy) is 1. The normalized spacial score (nSPS) is 14.6. The summed E-state index contributed by atoms with van der Waals surface area (Å²) in [6, 6.07) is 15.0. The van der Waals surface area contributed by atoms with Crippen molar-refractivity contribution in [3.8, 4) is 5.75 Å². The van der Waals surface area contributed by atoms with E-state index < -0.39 is 51.9 Å². The number of carbonyl (C=O) groups is 2. The number of benzene rings is 3. The molecule has 0 aromatic heterocycles. The topological polar surface area (TPSA) is 96.0 Å². The average molecular weight is 652 g/mol. The molecule has 1 N–H and O–H groups in total. The van der Waals surface area contributed by atoms with Crippen LogP contribution in [-0.4, -0.2) is 50.9 Å². The summed E-state index contributed by atoms with van der Waals surface area (Å²) in [5.41, 5.74) is -1.08. The molecule has 0 unspecified atom stereocenters. The molecular formula is C31H33ClF3N3O5S. The Labute approximate surface area is 259 Å². The second-order valence-electron chi connectivity index (χ2n) is 10.5. The molecule has 1 aliphatic carbocycles. The minimum absolute atomic E-state index is 0.0439. The summed E-state index contributed by atoms with van der Waals surface area (Å²) in [6.07, 6.45) is -1.26. The summed E-state index contributed by atoms with van der Waals surface area (Å²) in [7, 11) is -3.13. The van der Waals surface area contributed by atoms with Gasteiger partial charge in [-0.25, -0.2) is 8.42 Å². The van der Waals surface area contributed by atoms with Crippen LogP contribution >= 0.6 is 11.6 Å². The van der Waals surface area contributed by atoms with Crippen molar-refractivity contribution in [2.45, 2.75) is 62.3 Å². The van der Waals surface area contributed by atoms with Crippen LogP contribution in [-0.2, 0) is 32.3 Å². The highest BCUT2D eigenvalue weighted by atomic mass is 35.5. The van der Waals surface area contributed by atoms with Crippen LogP contribution in [0.4, 0.5) is 18.9 Å². The van der Waals surface area contributed by atoms with E-state index in [9.17, 15) is 31.2 Å². The van der Waals surface area contributed by atoms with E-state index in [4.69, 9.17) is 16.3 Å². The van der Waals surface area contributed by atoms with Gasteiger partial charge in [-0.3, -0.25) is 13.9 Å². The molecule has 4 rings (SSSR count). The lowest BCUT2D eigenvalue weighted by molar-refractivity contribution is -0.139. The van der Waals surface area contributed by atoms with Crippen LogP contribution in [0.5, 0.6) is 5.75 Å². The standard InChI is InChI=1S/C31H33ClF3N3O5S/c1-21(30(40)36-24-10-6-7-11-24)37(19-22-9-8-12-25(17-22)43-2)29(39)20-38(44(41,42)26-13-4-3-5-14-26)28-18-23(31(33,34)35)15-16-27(28)32/h3-5,8-9,12-18,21,24H,6-7,10-11,19-20H2,1-2H3,(H,36,40)/t21-/m1/s1. The fourth-order valence-electron chi connectivity index (χ4n) is 5.06. The fraction of sp³-hybridized carbons (Fsp3) is 0.355. The lowest BCUT2D eigenvalue weighted by Crippen LogP contribution is -2.52. The number of hydrogen-bond donors (Lipinski definition) is 1. The van der Waals surface area contributed by atoms with Crippen molar-refractivity contribution < 1.29 is 35.9 Å². The molecule has 236 valence electrons. The third-order valence-electron chi connectivity index (χ3n) is 7.51. The molecule has 2 amide bonds. The van der Waals surface area contributed by atoms with E-state index in [1.54, 1.807) is 30.3 Å². The second-order valence-corrected chi connectivity index (χ2v) is 12.8. The summed E-state index contributed by atoms with van der Waals surface area (Å²) in [5, 5.41) is 2.65. The second kappa shape index (κ2) is 13.9. The smallest absolute Gasteiger partial charge is 0.416 e. The van der Waals surface area contributed by atoms with E-state index in [1.165, 1.54) is 43.2 Å². The summed E-state index contributed by atoms with van der Waals surface area (Å²) in [4.78, 5) is 28.4. The van der Waals surface area contributed by atoms with Gasteiger partial charge in [-0.05, 0) is 67.8 Å². The van der Waals surface area contributed by atoms with Crippen molar-refractivity contribution in [1.29, 1.82) is 0 Å². The van der Waals surface area contributed by atoms with Crippen molar-refractivity contribution in [3.63, 3.8) is 0 Å². The molecule has 0 spiro atoms. The fourth-order valence-corrected chi connectivity index (χ4v) is 6.77. The number of nitrogens with one attached hydrogen (secondary N) is 1. The first-order chi connectivity index (χ1) is 20.8. The molecule has 1 saturated carbocycles. The number of carbonyl (C=O) groups excluding carboxylic acids is 2. The van der Waals surface area contributed by atoms with E-state index in [1.807, 2.05) is 0 Å². The average Bonchev–Trinajstić information content (AvgIpc) is 3.51. The van der Waals surface area contributed by atoms with Gasteiger partial charge in [0.25, 0.3) is 10.0 Å². The zero-order valence-electron chi connectivity index (χ0n) is 24.2. The molecule has 0 heterocycles. The molecule has 3 aromatic carbocycles. The van der Waals surface area contributed by atoms with E-state index in [0.29, 0.717) is 21.7 Å². The van der Waals surface area contributed by atoms with Crippen molar-refractivity contribution >= 4 is 39.1 Å². The lowest BCUT2D eigenvalue weighted by atomic mass is 10.1. The van der Waals surface area contributed by atoms with Crippen LogP contribution in [0.3, 0.4) is 0 Å². The third-order valence-corrected chi connectivity index (χ3v) is 9.60. The summed E-state index contributed by atoms with van der Waals surface area (Å²) in [5.74, 6) is -0.750. The van der Waals surface area contributed by atoms with Crippen molar-refractivity contribution in [2.24, 2.45) is 0 Å². The van der Waals surface area contributed by atoms with E-state index in [-0.39, 0.29) is 22.5 Å². The van der Waals surface area contributed by atoms with Gasteiger partial charge in [-0.1, -0.05) is 54.8 Å². The Balaban J connectivity index is 1.76. The summed E-state index contributed by atoms with van der Waals surface area (Å²) < 4.78 is 74.7. The quantitative estimate of drug-likeness (QED) is 0.273. The molecule has 1 aliphatic rings. The highest BCUT2D eigenvalue weighted by Gasteiger charge is 2.36. The number of halogens is 4. The van der Waals surface area contributed by atoms with Gasteiger partial charge in [-0.15, -0.1) is 0 Å². The number of amides is 2. The highest BCUT2D eigenvalue weighted by molar-refractivity contribution is 7.92. The largest absolute Gasteiger partial charge is 0.497 e. The number of hydrogen-bond acceptors (Lipinski definition) is 5. The first-order valence-corrected chi connectivity index (χ1v) is 15.8. The van der Waals surface area contributed by atoms with E-state index in [2.05, 4.69) is 5.32 Å². The van der Waals surface area contributed by atoms with Crippen molar-refractivity contribution in [2.75, 3.05) is 18.0 Å². The Morgan fingerprint density at radius 3 is 2.34 bits per heavy atom. The Hall–Kier alpha value is -3.77. The summed E-state index contributed by atoms with van der Waals surface area (Å²) >= 11 is 6.29. The number of rotatable bonds is 11. The summed E-state index contributed by atoms with van der Waals surface area (Å²) in [6.45, 7) is 0.490. The molecule has 1 atom stereocenters. The van der Waals surface area contributed by atoms with Crippen LogP contribution in [0, 0.1) is 0 Å². The molecule has 3 aromatic rings. The van der Waals surface area contributed by atoms with Gasteiger partial charge in [-0.2, -0.15) is 13.2 Å². The number of anilines is 1. The Kier molecular flexibility index (Phi) is 10.5. The number of nitrogens with zero attached hydrogens (tertiary/aromatic N) is 2. The van der Waals surface area contributed by atoms with E-state index >= 15 is 0 Å². The zero-order valence-corrected chi connectivity index (χ0v) is 25.8. The van der Waals surface area contributed by atoms with Gasteiger partial charge >= 0.3 is 6.18 Å². The Morgan fingerprint density at radius 2 is 1.70 bits per heavy atom. The Morgan fingerprint density at radius 1 is 1.02 bits per heavy atom. The maximum absolute atomic E-state index is 14.1. The molecule has 0 saturated heterocycles. The first-order valence-electron chi connectivity index (χ1n) is 14.0. The molecule has 8 nitrogen and oxygen atoms in total. The number of methoxy groups -OCH3 is 1. The van der Waals surface area contributed by atoms with Gasteiger partial charge in [0.15, 0.2) is 0 Å². The van der Waals surface area contributed by atoms with Crippen molar-refractivity contribution in [1.82, 2.24) is 10.2 Å². The van der Waals surface area contributed by atoms with Gasteiger partial charge in [0.1, 0.15) is 18.3 Å². The zero-order chi connectivity index (χ0) is 32.1. The van der Waals surface area contributed by atoms with Gasteiger partial charge in [0.05, 0.1) is 28.3 Å². The van der Waals surface area contributed by atoms with Crippen LogP contribution in [0.2, 0.25) is 5.02 Å². The monoisotopic (exact) mass is 651 g/mol. The maximum atomic E-state index is 14.1. The molecule has 44 heavy (non-hydrogen) atoms. The Bertz CT molecular complexity index is 1580. The molecule has 0 aliphatic heterocycles. The van der Waals surface area contributed by atoms with E-state index in [0.717, 1.165) is 37.8 Å². The first kappa shape index (κ1) is 33.1. The molecular weight excluding hydrogens is 619 g/mol. The molecule has 13 heteroatoms. The molecule has 0 bridgehead atoms. The van der Waals surface area contributed by atoms with Gasteiger partial charge in [0.2, 0.25) is 11.8 Å². The predicted molar refractivity (Wildman–Crippen MR) is 161 cm³/mol. The molecule has 1 fully saturated rings. The predicted octanol–water partition coefficient (Wildman–Crippen LogP) is 6.04. The maximum Gasteiger partial charge on any atom is 0.416 e. The minimum Gasteiger partial charge on any atom is -0.497 e.